The molecule has 2 aromatic carbocycles. The predicted octanol–water partition coefficient (Wildman–Crippen LogP) is 2.67. The SMILES string of the molecule is CN1C(=O)CCc2cc(NS(=O)(=O)c3ccc(F)cc3F)ccc21. The van der Waals surface area contributed by atoms with Gasteiger partial charge in [0.25, 0.3) is 10.0 Å². The second kappa shape index (κ2) is 5.86. The maximum atomic E-state index is 13.7. The molecule has 0 saturated carbocycles. The minimum atomic E-state index is -4.18. The summed E-state index contributed by atoms with van der Waals surface area (Å²) in [5.41, 5.74) is 1.78. The molecule has 3 rings (SSSR count). The second-order valence-corrected chi connectivity index (χ2v) is 7.13. The highest BCUT2D eigenvalue weighted by atomic mass is 32.2. The van der Waals surface area contributed by atoms with Crippen molar-refractivity contribution in [2.45, 2.75) is 17.7 Å². The number of aryl methyl sites for hydroxylation is 1. The van der Waals surface area contributed by atoms with Crippen molar-refractivity contribution in [1.29, 1.82) is 0 Å². The molecule has 1 amide bonds. The zero-order valence-electron chi connectivity index (χ0n) is 12.7. The van der Waals surface area contributed by atoms with Gasteiger partial charge in [-0.15, -0.1) is 0 Å². The predicted molar refractivity (Wildman–Crippen MR) is 85.3 cm³/mol. The van der Waals surface area contributed by atoms with Crippen LogP contribution in [0.4, 0.5) is 20.2 Å². The number of halogens is 2. The Bertz CT molecular complexity index is 929. The van der Waals surface area contributed by atoms with Gasteiger partial charge in [0, 0.05) is 30.9 Å². The molecular weight excluding hydrogens is 338 g/mol. The number of hydrogen-bond acceptors (Lipinski definition) is 3. The highest BCUT2D eigenvalue weighted by molar-refractivity contribution is 7.92. The van der Waals surface area contributed by atoms with Crippen LogP contribution in [0.1, 0.15) is 12.0 Å². The lowest BCUT2D eigenvalue weighted by Crippen LogP contribution is -2.31. The first-order valence-corrected chi connectivity index (χ1v) is 8.63. The minimum Gasteiger partial charge on any atom is -0.315 e. The van der Waals surface area contributed by atoms with Crippen molar-refractivity contribution in [2.75, 3.05) is 16.7 Å². The second-order valence-electron chi connectivity index (χ2n) is 5.48. The lowest BCUT2D eigenvalue weighted by atomic mass is 10.0. The van der Waals surface area contributed by atoms with E-state index in [9.17, 15) is 22.0 Å². The first-order chi connectivity index (χ1) is 11.3. The molecule has 0 saturated heterocycles. The van der Waals surface area contributed by atoms with Gasteiger partial charge in [0.05, 0.1) is 0 Å². The van der Waals surface area contributed by atoms with Crippen LogP contribution >= 0.6 is 0 Å². The molecule has 0 bridgehead atoms. The summed E-state index contributed by atoms with van der Waals surface area (Å²) in [6, 6.07) is 7.00. The number of sulfonamides is 1. The Kier molecular flexibility index (Phi) is 4.00. The number of carbonyl (C=O) groups is 1. The fraction of sp³-hybridized carbons (Fsp3) is 0.188. The molecule has 1 aliphatic rings. The van der Waals surface area contributed by atoms with E-state index < -0.39 is 26.6 Å². The van der Waals surface area contributed by atoms with Gasteiger partial charge in [0.15, 0.2) is 0 Å². The highest BCUT2D eigenvalue weighted by Crippen LogP contribution is 2.30. The summed E-state index contributed by atoms with van der Waals surface area (Å²) in [6.45, 7) is 0. The van der Waals surface area contributed by atoms with Crippen molar-refractivity contribution in [3.63, 3.8) is 0 Å². The summed E-state index contributed by atoms with van der Waals surface area (Å²) < 4.78 is 53.5. The Balaban J connectivity index is 1.92. The van der Waals surface area contributed by atoms with Gasteiger partial charge in [-0.1, -0.05) is 0 Å². The average Bonchev–Trinajstić information content (AvgIpc) is 2.50. The first-order valence-electron chi connectivity index (χ1n) is 7.15. The number of nitrogens with zero attached hydrogens (tertiary/aromatic N) is 1. The number of rotatable bonds is 3. The number of amides is 1. The Morgan fingerprint density at radius 3 is 2.54 bits per heavy atom. The number of hydrogen-bond donors (Lipinski definition) is 1. The standard InChI is InChI=1S/C16H14F2N2O3S/c1-20-14-5-4-12(8-10(14)2-7-16(20)21)19-24(22,23)15-6-3-11(17)9-13(15)18/h3-6,8-9,19H,2,7H2,1H3. The molecule has 0 radical (unpaired) electrons. The average molecular weight is 352 g/mol. The van der Waals surface area contributed by atoms with E-state index in [1.54, 1.807) is 19.2 Å². The maximum absolute atomic E-state index is 13.7. The number of benzene rings is 2. The minimum absolute atomic E-state index is 0.00999. The summed E-state index contributed by atoms with van der Waals surface area (Å²) >= 11 is 0. The molecule has 1 N–H and O–H groups in total. The van der Waals surface area contributed by atoms with E-state index in [1.807, 2.05) is 0 Å². The summed E-state index contributed by atoms with van der Waals surface area (Å²) in [5, 5.41) is 0. The molecular formula is C16H14F2N2O3S. The van der Waals surface area contributed by atoms with Gasteiger partial charge < -0.3 is 4.90 Å². The molecule has 1 aliphatic heterocycles. The van der Waals surface area contributed by atoms with Crippen molar-refractivity contribution in [2.24, 2.45) is 0 Å². The summed E-state index contributed by atoms with van der Waals surface area (Å²) in [5.74, 6) is -2.03. The molecule has 1 heterocycles. The number of nitrogens with one attached hydrogen (secondary N) is 1. The summed E-state index contributed by atoms with van der Waals surface area (Å²) in [6.07, 6.45) is 0.839. The molecule has 126 valence electrons. The molecule has 0 aromatic heterocycles. The number of anilines is 2. The summed E-state index contributed by atoms with van der Waals surface area (Å²) in [7, 11) is -2.53. The highest BCUT2D eigenvalue weighted by Gasteiger charge is 2.23. The smallest absolute Gasteiger partial charge is 0.264 e. The van der Waals surface area contributed by atoms with Crippen LogP contribution < -0.4 is 9.62 Å². The van der Waals surface area contributed by atoms with Crippen molar-refractivity contribution >= 4 is 27.3 Å². The normalized spacial score (nSPS) is 14.5. The van der Waals surface area contributed by atoms with E-state index in [2.05, 4.69) is 4.72 Å². The van der Waals surface area contributed by atoms with Crippen LogP contribution in [0.2, 0.25) is 0 Å². The van der Waals surface area contributed by atoms with Crippen LogP contribution in [0.5, 0.6) is 0 Å². The fourth-order valence-electron chi connectivity index (χ4n) is 2.62. The third-order valence-corrected chi connectivity index (χ3v) is 5.27. The van der Waals surface area contributed by atoms with Gasteiger partial charge in [-0.3, -0.25) is 9.52 Å². The molecule has 8 heteroatoms. The number of carbonyl (C=O) groups excluding carboxylic acids is 1. The van der Waals surface area contributed by atoms with E-state index in [4.69, 9.17) is 0 Å². The monoisotopic (exact) mass is 352 g/mol. The van der Waals surface area contributed by atoms with Crippen molar-refractivity contribution in [3.05, 3.63) is 53.6 Å². The van der Waals surface area contributed by atoms with E-state index in [1.165, 1.54) is 11.0 Å². The van der Waals surface area contributed by atoms with Gasteiger partial charge in [0.2, 0.25) is 5.91 Å². The van der Waals surface area contributed by atoms with Crippen LogP contribution in [-0.4, -0.2) is 21.4 Å². The van der Waals surface area contributed by atoms with Crippen molar-refractivity contribution in [1.82, 2.24) is 0 Å². The van der Waals surface area contributed by atoms with Crippen molar-refractivity contribution in [3.8, 4) is 0 Å². The lowest BCUT2D eigenvalue weighted by molar-refractivity contribution is -0.118. The zero-order chi connectivity index (χ0) is 17.5. The molecule has 0 fully saturated rings. The van der Waals surface area contributed by atoms with E-state index in [0.717, 1.165) is 17.7 Å². The Labute approximate surface area is 138 Å². The first kappa shape index (κ1) is 16.4. The molecule has 5 nitrogen and oxygen atoms in total. The van der Waals surface area contributed by atoms with E-state index in [-0.39, 0.29) is 11.6 Å². The van der Waals surface area contributed by atoms with Crippen LogP contribution in [0.25, 0.3) is 0 Å². The molecule has 2 aromatic rings. The Morgan fingerprint density at radius 1 is 1.08 bits per heavy atom. The van der Waals surface area contributed by atoms with Crippen LogP contribution in [0.15, 0.2) is 41.3 Å². The van der Waals surface area contributed by atoms with Gasteiger partial charge in [-0.25, -0.2) is 17.2 Å². The van der Waals surface area contributed by atoms with Gasteiger partial charge in [-0.05, 0) is 42.3 Å². The van der Waals surface area contributed by atoms with Gasteiger partial charge >= 0.3 is 0 Å². The van der Waals surface area contributed by atoms with Crippen LogP contribution in [-0.2, 0) is 21.2 Å². The van der Waals surface area contributed by atoms with Crippen molar-refractivity contribution < 1.29 is 22.0 Å². The third-order valence-electron chi connectivity index (χ3n) is 3.86. The topological polar surface area (TPSA) is 66.5 Å². The Morgan fingerprint density at radius 2 is 1.83 bits per heavy atom. The van der Waals surface area contributed by atoms with Crippen LogP contribution in [0.3, 0.4) is 0 Å². The fourth-order valence-corrected chi connectivity index (χ4v) is 3.73. The summed E-state index contributed by atoms with van der Waals surface area (Å²) in [4.78, 5) is 12.5. The van der Waals surface area contributed by atoms with Gasteiger partial charge in [-0.2, -0.15) is 0 Å². The quantitative estimate of drug-likeness (QED) is 0.924. The molecule has 0 atom stereocenters. The molecule has 24 heavy (non-hydrogen) atoms. The molecule has 0 aliphatic carbocycles. The largest absolute Gasteiger partial charge is 0.315 e. The van der Waals surface area contributed by atoms with Crippen LogP contribution in [0, 0.1) is 11.6 Å². The number of fused-ring (bicyclic) bond motifs is 1. The maximum Gasteiger partial charge on any atom is 0.264 e. The molecule has 0 spiro atoms. The van der Waals surface area contributed by atoms with E-state index in [0.29, 0.717) is 24.6 Å². The van der Waals surface area contributed by atoms with E-state index >= 15 is 0 Å². The lowest BCUT2D eigenvalue weighted by Gasteiger charge is -2.26. The third kappa shape index (κ3) is 2.96. The molecule has 0 unspecified atom stereocenters. The Hall–Kier alpha value is -2.48. The zero-order valence-corrected chi connectivity index (χ0v) is 13.5. The van der Waals surface area contributed by atoms with Gasteiger partial charge in [0.1, 0.15) is 16.5 Å².